The van der Waals surface area contributed by atoms with Gasteiger partial charge in [-0.2, -0.15) is 0 Å². The fraction of sp³-hybridized carbons (Fsp3) is 0.333. The van der Waals surface area contributed by atoms with Crippen LogP contribution in [0, 0.1) is 0 Å². The van der Waals surface area contributed by atoms with Gasteiger partial charge in [0.05, 0.1) is 21.2 Å². The highest BCUT2D eigenvalue weighted by molar-refractivity contribution is 7.92. The number of carbonyl (C=O) groups is 2. The van der Waals surface area contributed by atoms with E-state index in [-0.39, 0.29) is 28.0 Å². The minimum absolute atomic E-state index is 0.0203. The first-order valence-electron chi connectivity index (χ1n) is 13.8. The molecule has 0 saturated carbocycles. The number of sulfonamides is 1. The van der Waals surface area contributed by atoms with Crippen molar-refractivity contribution < 1.29 is 22.7 Å². The van der Waals surface area contributed by atoms with Crippen molar-refractivity contribution >= 4 is 50.7 Å². The quantitative estimate of drug-likeness (QED) is 0.337. The number of primary amides is 1. The summed E-state index contributed by atoms with van der Waals surface area (Å²) in [4.78, 5) is 30.1. The van der Waals surface area contributed by atoms with Crippen LogP contribution >= 0.6 is 23.2 Å². The Hall–Kier alpha value is -3.31. The molecule has 0 bridgehead atoms. The van der Waals surface area contributed by atoms with E-state index in [0.717, 1.165) is 32.4 Å². The van der Waals surface area contributed by atoms with Crippen LogP contribution in [0.25, 0.3) is 0 Å². The van der Waals surface area contributed by atoms with Crippen molar-refractivity contribution in [3.8, 4) is 11.5 Å². The van der Waals surface area contributed by atoms with Crippen LogP contribution in [-0.4, -0.2) is 61.7 Å². The number of ether oxygens (including phenoxy) is 1. The van der Waals surface area contributed by atoms with Crippen LogP contribution < -0.4 is 15.2 Å². The van der Waals surface area contributed by atoms with Crippen molar-refractivity contribution in [2.75, 3.05) is 30.9 Å². The van der Waals surface area contributed by atoms with E-state index in [1.165, 1.54) is 42.5 Å². The van der Waals surface area contributed by atoms with E-state index >= 15 is 0 Å². The lowest BCUT2D eigenvalue weighted by molar-refractivity contribution is -0.134. The number of benzene rings is 3. The molecule has 0 radical (unpaired) electrons. The molecule has 222 valence electrons. The van der Waals surface area contributed by atoms with E-state index < -0.39 is 15.6 Å². The highest BCUT2D eigenvalue weighted by atomic mass is 35.5. The second kappa shape index (κ2) is 12.5. The zero-order valence-electron chi connectivity index (χ0n) is 22.9. The van der Waals surface area contributed by atoms with Gasteiger partial charge in [0.25, 0.3) is 15.9 Å². The number of nitrogens with two attached hydrogens (primary N) is 1. The van der Waals surface area contributed by atoms with Gasteiger partial charge in [-0.1, -0.05) is 41.8 Å². The second-order valence-corrected chi connectivity index (χ2v) is 13.1. The summed E-state index contributed by atoms with van der Waals surface area (Å²) >= 11 is 12.4. The maximum atomic E-state index is 13.7. The van der Waals surface area contributed by atoms with Crippen molar-refractivity contribution in [3.05, 3.63) is 82.3 Å². The average Bonchev–Trinajstić information content (AvgIpc) is 2.99. The number of carbonyl (C=O) groups excluding carboxylic acids is 2. The summed E-state index contributed by atoms with van der Waals surface area (Å²) in [7, 11) is -4.07. The summed E-state index contributed by atoms with van der Waals surface area (Å²) in [6.07, 6.45) is 3.99. The Kier molecular flexibility index (Phi) is 8.98. The molecule has 2 fully saturated rings. The number of nitrogens with zero attached hydrogens (tertiary/aromatic N) is 2. The van der Waals surface area contributed by atoms with Gasteiger partial charge in [-0.15, -0.1) is 0 Å². The Morgan fingerprint density at radius 3 is 2.19 bits per heavy atom. The van der Waals surface area contributed by atoms with Crippen LogP contribution in [0.15, 0.2) is 71.6 Å². The molecule has 12 heteroatoms. The van der Waals surface area contributed by atoms with Crippen LogP contribution in [-0.2, 0) is 14.8 Å². The van der Waals surface area contributed by atoms with Crippen LogP contribution in [0.5, 0.6) is 11.5 Å². The molecule has 3 aromatic rings. The number of anilines is 1. The number of amides is 2. The first-order valence-corrected chi connectivity index (χ1v) is 16.0. The smallest absolute Gasteiger partial charge is 0.261 e. The molecule has 2 aliphatic rings. The molecule has 2 amide bonds. The third-order valence-corrected chi connectivity index (χ3v) is 9.88. The van der Waals surface area contributed by atoms with Crippen LogP contribution in [0.3, 0.4) is 0 Å². The molecule has 2 heterocycles. The van der Waals surface area contributed by atoms with Crippen molar-refractivity contribution in [2.24, 2.45) is 5.73 Å². The van der Waals surface area contributed by atoms with Crippen molar-refractivity contribution in [1.29, 1.82) is 0 Å². The largest absolute Gasteiger partial charge is 0.456 e. The monoisotopic (exact) mass is 630 g/mol. The van der Waals surface area contributed by atoms with E-state index in [2.05, 4.69) is 9.62 Å². The molecule has 3 aromatic carbocycles. The van der Waals surface area contributed by atoms with Gasteiger partial charge < -0.3 is 15.4 Å². The fourth-order valence-corrected chi connectivity index (χ4v) is 7.04. The molecule has 9 nitrogen and oxygen atoms in total. The summed E-state index contributed by atoms with van der Waals surface area (Å²) in [6, 6.07) is 17.2. The Labute approximate surface area is 255 Å². The SMILES string of the molecule is NC(=O)C1(N2CCCCC2)CCN(C(=O)c2cc(Cl)ccc2NS(=O)(=O)c2ccc(Oc3ccccc3Cl)cc2)CC1. The normalized spacial score (nSPS) is 17.4. The van der Waals surface area contributed by atoms with Gasteiger partial charge in [0.2, 0.25) is 5.91 Å². The molecular weight excluding hydrogens is 599 g/mol. The molecule has 0 spiro atoms. The van der Waals surface area contributed by atoms with Gasteiger partial charge in [-0.25, -0.2) is 8.42 Å². The minimum atomic E-state index is -4.07. The molecule has 0 aliphatic carbocycles. The Bertz CT molecular complexity index is 1570. The molecule has 2 saturated heterocycles. The molecule has 3 N–H and O–H groups in total. The van der Waals surface area contributed by atoms with Crippen LogP contribution in [0.1, 0.15) is 42.5 Å². The van der Waals surface area contributed by atoms with Gasteiger partial charge >= 0.3 is 0 Å². The summed E-state index contributed by atoms with van der Waals surface area (Å²) in [5, 5.41) is 0.718. The number of para-hydroxylation sites is 1. The number of piperidine rings is 2. The van der Waals surface area contributed by atoms with E-state index in [0.29, 0.717) is 47.5 Å². The van der Waals surface area contributed by atoms with Gasteiger partial charge in [-0.3, -0.25) is 19.2 Å². The molecular formula is C30H32Cl2N4O5S. The van der Waals surface area contributed by atoms with Gasteiger partial charge in [0, 0.05) is 18.1 Å². The molecule has 42 heavy (non-hydrogen) atoms. The zero-order valence-corrected chi connectivity index (χ0v) is 25.2. The molecule has 5 rings (SSSR count). The number of hydrogen-bond donors (Lipinski definition) is 2. The van der Waals surface area contributed by atoms with Gasteiger partial charge in [0.1, 0.15) is 17.0 Å². The van der Waals surface area contributed by atoms with E-state index in [1.54, 1.807) is 29.2 Å². The third kappa shape index (κ3) is 6.36. The predicted molar refractivity (Wildman–Crippen MR) is 163 cm³/mol. The maximum absolute atomic E-state index is 13.7. The first-order chi connectivity index (χ1) is 20.1. The van der Waals surface area contributed by atoms with Crippen LogP contribution in [0.2, 0.25) is 10.0 Å². The lowest BCUT2D eigenvalue weighted by atomic mass is 9.83. The Morgan fingerprint density at radius 1 is 0.881 bits per heavy atom. The number of rotatable bonds is 8. The zero-order chi connectivity index (χ0) is 29.9. The Balaban J connectivity index is 1.31. The minimum Gasteiger partial charge on any atom is -0.456 e. The lowest BCUT2D eigenvalue weighted by Gasteiger charge is -2.48. The summed E-state index contributed by atoms with van der Waals surface area (Å²) in [5.74, 6) is 0.108. The molecule has 0 atom stereocenters. The second-order valence-electron chi connectivity index (χ2n) is 10.5. The van der Waals surface area contributed by atoms with E-state index in [9.17, 15) is 18.0 Å². The Morgan fingerprint density at radius 2 is 1.55 bits per heavy atom. The average molecular weight is 632 g/mol. The summed E-state index contributed by atoms with van der Waals surface area (Å²) in [6.45, 7) is 2.24. The van der Waals surface area contributed by atoms with Gasteiger partial charge in [0.15, 0.2) is 0 Å². The molecule has 0 unspecified atom stereocenters. The topological polar surface area (TPSA) is 122 Å². The third-order valence-electron chi connectivity index (χ3n) is 7.95. The first kappa shape index (κ1) is 30.2. The maximum Gasteiger partial charge on any atom is 0.261 e. The number of nitrogens with one attached hydrogen (secondary N) is 1. The molecule has 2 aliphatic heterocycles. The fourth-order valence-electron chi connectivity index (χ4n) is 5.62. The van der Waals surface area contributed by atoms with Crippen molar-refractivity contribution in [2.45, 2.75) is 42.5 Å². The summed E-state index contributed by atoms with van der Waals surface area (Å²) < 4.78 is 34.9. The summed E-state index contributed by atoms with van der Waals surface area (Å²) in [5.41, 5.74) is 5.34. The lowest BCUT2D eigenvalue weighted by Crippen LogP contribution is -2.63. The molecule has 0 aromatic heterocycles. The highest BCUT2D eigenvalue weighted by Crippen LogP contribution is 2.34. The number of likely N-dealkylation sites (tertiary alicyclic amines) is 2. The van der Waals surface area contributed by atoms with Crippen molar-refractivity contribution in [3.63, 3.8) is 0 Å². The number of hydrogen-bond acceptors (Lipinski definition) is 6. The van der Waals surface area contributed by atoms with E-state index in [1.807, 2.05) is 0 Å². The van der Waals surface area contributed by atoms with Gasteiger partial charge in [-0.05, 0) is 93.4 Å². The highest BCUT2D eigenvalue weighted by Gasteiger charge is 2.46. The predicted octanol–water partition coefficient (Wildman–Crippen LogP) is 5.53. The number of halogens is 2. The standard InChI is InChI=1S/C30H32Cl2N4O5S/c31-21-8-13-26(34-42(39,40)23-11-9-22(10-12-23)41-27-7-3-2-6-25(27)32)24(20-21)28(37)35-18-14-30(15-19-35,29(33)38)36-16-4-1-5-17-36/h2-3,6-13,20,34H,1,4-5,14-19H2,(H2,33,38). The van der Waals surface area contributed by atoms with Crippen molar-refractivity contribution in [1.82, 2.24) is 9.80 Å². The van der Waals surface area contributed by atoms with Crippen LogP contribution in [0.4, 0.5) is 5.69 Å². The van der Waals surface area contributed by atoms with E-state index in [4.69, 9.17) is 33.7 Å².